The number of hydrogen-bond acceptors (Lipinski definition) is 3. The maximum atomic E-state index is 8.71. The lowest BCUT2D eigenvalue weighted by Crippen LogP contribution is -1.96. The fraction of sp³-hybridized carbons (Fsp3) is 0.333. The van der Waals surface area contributed by atoms with Crippen molar-refractivity contribution in [2.24, 2.45) is 0 Å². The monoisotopic (exact) mass is 196 g/mol. The van der Waals surface area contributed by atoms with Crippen molar-refractivity contribution in [2.45, 2.75) is 13.5 Å². The highest BCUT2D eigenvalue weighted by Crippen LogP contribution is 2.17. The highest BCUT2D eigenvalue weighted by molar-refractivity contribution is 6.30. The summed E-state index contributed by atoms with van der Waals surface area (Å²) in [5.41, 5.74) is 2.00. The lowest BCUT2D eigenvalue weighted by Gasteiger charge is -2.03. The summed E-state index contributed by atoms with van der Waals surface area (Å²) in [6.07, 6.45) is 0. The van der Waals surface area contributed by atoms with Crippen LogP contribution in [0.3, 0.4) is 0 Å². The summed E-state index contributed by atoms with van der Waals surface area (Å²) in [5.74, 6) is 0. The maximum absolute atomic E-state index is 8.71. The normalized spacial score (nSPS) is 9.69. The average Bonchev–Trinajstić information content (AvgIpc) is 2.04. The topological polar surface area (TPSA) is 45.9 Å². The molecule has 68 valence electrons. The number of ether oxygens (including phenoxy) is 1. The van der Waals surface area contributed by atoms with Gasteiger partial charge in [-0.1, -0.05) is 11.6 Å². The fourth-order valence-corrected chi connectivity index (χ4v) is 1.36. The molecule has 0 atom stereocenters. The molecule has 0 N–H and O–H groups in total. The van der Waals surface area contributed by atoms with Gasteiger partial charge in [-0.15, -0.1) is 0 Å². The van der Waals surface area contributed by atoms with Crippen LogP contribution in [0.2, 0.25) is 5.15 Å². The Bertz CT molecular complexity index is 334. The Kier molecular flexibility index (Phi) is 3.24. The summed E-state index contributed by atoms with van der Waals surface area (Å²) < 4.78 is 4.91. The molecule has 1 aromatic heterocycles. The molecule has 0 saturated carbocycles. The molecule has 0 bridgehead atoms. The Hall–Kier alpha value is -1.11. The molecular weight excluding hydrogens is 188 g/mol. The van der Waals surface area contributed by atoms with Crippen molar-refractivity contribution in [2.75, 3.05) is 7.11 Å². The number of aryl methyl sites for hydroxylation is 1. The van der Waals surface area contributed by atoms with Crippen LogP contribution in [0.5, 0.6) is 0 Å². The minimum atomic E-state index is 0.245. The van der Waals surface area contributed by atoms with Crippen molar-refractivity contribution in [1.29, 1.82) is 5.26 Å². The van der Waals surface area contributed by atoms with Crippen LogP contribution in [0.4, 0.5) is 0 Å². The van der Waals surface area contributed by atoms with Crippen molar-refractivity contribution < 1.29 is 4.74 Å². The van der Waals surface area contributed by atoms with E-state index in [2.05, 4.69) is 4.98 Å². The van der Waals surface area contributed by atoms with Crippen LogP contribution < -0.4 is 0 Å². The largest absolute Gasteiger partial charge is 0.378 e. The molecule has 0 aliphatic carbocycles. The summed E-state index contributed by atoms with van der Waals surface area (Å²) >= 11 is 5.78. The van der Waals surface area contributed by atoms with Crippen LogP contribution >= 0.6 is 11.6 Å². The molecule has 3 nitrogen and oxygen atoms in total. The molecule has 4 heteroatoms. The zero-order valence-electron chi connectivity index (χ0n) is 7.47. The van der Waals surface area contributed by atoms with E-state index >= 15 is 0 Å². The molecule has 0 radical (unpaired) electrons. The highest BCUT2D eigenvalue weighted by Gasteiger charge is 2.06. The van der Waals surface area contributed by atoms with Gasteiger partial charge in [0.15, 0.2) is 0 Å². The van der Waals surface area contributed by atoms with Gasteiger partial charge in [0.2, 0.25) is 0 Å². The molecule has 0 aromatic carbocycles. The van der Waals surface area contributed by atoms with Gasteiger partial charge in [0.25, 0.3) is 0 Å². The summed E-state index contributed by atoms with van der Waals surface area (Å²) in [5, 5.41) is 8.96. The van der Waals surface area contributed by atoms with Gasteiger partial charge in [0.1, 0.15) is 11.2 Å². The summed E-state index contributed by atoms with van der Waals surface area (Å²) in [6, 6.07) is 3.80. The Balaban J connectivity index is 3.14. The highest BCUT2D eigenvalue weighted by atomic mass is 35.5. The smallest absolute Gasteiger partial charge is 0.147 e. The van der Waals surface area contributed by atoms with E-state index in [1.807, 2.05) is 13.0 Å². The Morgan fingerprint density at radius 3 is 2.85 bits per heavy atom. The average molecular weight is 197 g/mol. The van der Waals surface area contributed by atoms with E-state index in [1.165, 1.54) is 0 Å². The number of rotatable bonds is 2. The van der Waals surface area contributed by atoms with Crippen LogP contribution in [0.1, 0.15) is 16.8 Å². The van der Waals surface area contributed by atoms with E-state index in [4.69, 9.17) is 21.6 Å². The Labute approximate surface area is 81.9 Å². The lowest BCUT2D eigenvalue weighted by molar-refractivity contribution is 0.181. The van der Waals surface area contributed by atoms with Crippen molar-refractivity contribution in [1.82, 2.24) is 4.98 Å². The van der Waals surface area contributed by atoms with Crippen LogP contribution in [0, 0.1) is 18.3 Å². The molecule has 0 fully saturated rings. The Morgan fingerprint density at radius 2 is 2.38 bits per heavy atom. The third kappa shape index (κ3) is 2.18. The van der Waals surface area contributed by atoms with E-state index in [-0.39, 0.29) is 5.15 Å². The molecule has 13 heavy (non-hydrogen) atoms. The third-order valence-corrected chi connectivity index (χ3v) is 1.90. The van der Waals surface area contributed by atoms with Gasteiger partial charge >= 0.3 is 0 Å². The van der Waals surface area contributed by atoms with E-state index in [0.717, 1.165) is 11.3 Å². The molecule has 1 aromatic rings. The first-order chi connectivity index (χ1) is 6.19. The molecule has 0 spiro atoms. The van der Waals surface area contributed by atoms with Gasteiger partial charge in [-0.2, -0.15) is 5.26 Å². The van der Waals surface area contributed by atoms with Gasteiger partial charge < -0.3 is 4.74 Å². The number of halogens is 1. The predicted octanol–water partition coefficient (Wildman–Crippen LogP) is 2.06. The predicted molar refractivity (Wildman–Crippen MR) is 49.4 cm³/mol. The third-order valence-electron chi connectivity index (χ3n) is 1.63. The first-order valence-electron chi connectivity index (χ1n) is 3.74. The molecule has 0 unspecified atom stereocenters. The van der Waals surface area contributed by atoms with Crippen LogP contribution in [0.25, 0.3) is 0 Å². The molecular formula is C9H9ClN2O. The summed E-state index contributed by atoms with van der Waals surface area (Å²) in [6.45, 7) is 2.23. The minimum Gasteiger partial charge on any atom is -0.378 e. The van der Waals surface area contributed by atoms with E-state index < -0.39 is 0 Å². The van der Waals surface area contributed by atoms with Crippen molar-refractivity contribution in [3.8, 4) is 6.07 Å². The van der Waals surface area contributed by atoms with Crippen molar-refractivity contribution >= 4 is 11.6 Å². The first-order valence-corrected chi connectivity index (χ1v) is 4.12. The van der Waals surface area contributed by atoms with Gasteiger partial charge in [-0.3, -0.25) is 0 Å². The SMILES string of the molecule is COCc1cc(C)c(C#N)c(Cl)n1. The maximum Gasteiger partial charge on any atom is 0.147 e. The van der Waals surface area contributed by atoms with E-state index in [9.17, 15) is 0 Å². The second-order valence-corrected chi connectivity index (χ2v) is 3.00. The summed E-state index contributed by atoms with van der Waals surface area (Å²) in [7, 11) is 1.59. The molecule has 1 heterocycles. The fourth-order valence-electron chi connectivity index (χ4n) is 1.06. The van der Waals surface area contributed by atoms with Crippen molar-refractivity contribution in [3.05, 3.63) is 28.0 Å². The number of aromatic nitrogens is 1. The van der Waals surface area contributed by atoms with E-state index in [0.29, 0.717) is 12.2 Å². The van der Waals surface area contributed by atoms with Crippen LogP contribution in [-0.4, -0.2) is 12.1 Å². The zero-order valence-corrected chi connectivity index (χ0v) is 8.22. The van der Waals surface area contributed by atoms with Gasteiger partial charge in [0, 0.05) is 7.11 Å². The number of pyridine rings is 1. The number of hydrogen-bond donors (Lipinski definition) is 0. The molecule has 0 amide bonds. The van der Waals surface area contributed by atoms with Crippen LogP contribution in [-0.2, 0) is 11.3 Å². The molecule has 0 aliphatic heterocycles. The standard InChI is InChI=1S/C9H9ClN2O/c1-6-3-7(5-13-2)12-9(10)8(6)4-11/h3H,5H2,1-2H3. The van der Waals surface area contributed by atoms with E-state index in [1.54, 1.807) is 13.2 Å². The second-order valence-electron chi connectivity index (χ2n) is 2.64. The second kappa shape index (κ2) is 4.22. The molecule has 0 aliphatic rings. The quantitative estimate of drug-likeness (QED) is 0.681. The van der Waals surface area contributed by atoms with Gasteiger partial charge in [-0.05, 0) is 18.6 Å². The van der Waals surface area contributed by atoms with Crippen LogP contribution in [0.15, 0.2) is 6.07 Å². The molecule has 0 saturated heterocycles. The summed E-state index contributed by atoms with van der Waals surface area (Å²) in [4.78, 5) is 4.01. The zero-order chi connectivity index (χ0) is 9.84. The minimum absolute atomic E-state index is 0.245. The first kappa shape index (κ1) is 9.97. The molecule has 1 rings (SSSR count). The lowest BCUT2D eigenvalue weighted by atomic mass is 10.1. The number of methoxy groups -OCH3 is 1. The number of nitrogens with zero attached hydrogens (tertiary/aromatic N) is 2. The van der Waals surface area contributed by atoms with Gasteiger partial charge in [0.05, 0.1) is 17.9 Å². The number of nitriles is 1. The Morgan fingerprint density at radius 1 is 1.69 bits per heavy atom. The van der Waals surface area contributed by atoms with Crippen molar-refractivity contribution in [3.63, 3.8) is 0 Å². The van der Waals surface area contributed by atoms with Gasteiger partial charge in [-0.25, -0.2) is 4.98 Å².